The molecule has 2 heterocycles. The second-order valence-electron chi connectivity index (χ2n) is 6.60. The summed E-state index contributed by atoms with van der Waals surface area (Å²) in [5.41, 5.74) is 2.32. The van der Waals surface area contributed by atoms with Crippen LogP contribution in [0.25, 0.3) is 0 Å². The summed E-state index contributed by atoms with van der Waals surface area (Å²) in [5.74, 6) is 0.443. The Kier molecular flexibility index (Phi) is 5.58. The van der Waals surface area contributed by atoms with Gasteiger partial charge in [-0.05, 0) is 17.0 Å². The van der Waals surface area contributed by atoms with Gasteiger partial charge in [0.25, 0.3) is 5.91 Å². The summed E-state index contributed by atoms with van der Waals surface area (Å²) in [6, 6.07) is 8.34. The Bertz CT molecular complexity index is 607. The van der Waals surface area contributed by atoms with Gasteiger partial charge in [-0.3, -0.25) is 9.69 Å². The predicted molar refractivity (Wildman–Crippen MR) is 98.4 cm³/mol. The quantitative estimate of drug-likeness (QED) is 0.904. The monoisotopic (exact) mass is 347 g/mol. The van der Waals surface area contributed by atoms with Gasteiger partial charge in [-0.2, -0.15) is 4.99 Å². The molecule has 0 bridgehead atoms. The molecule has 1 amide bonds. The van der Waals surface area contributed by atoms with E-state index < -0.39 is 0 Å². The van der Waals surface area contributed by atoms with Gasteiger partial charge in [-0.1, -0.05) is 49.9 Å². The average Bonchev–Trinajstić information content (AvgIpc) is 2.98. The van der Waals surface area contributed by atoms with Crippen LogP contribution in [0, 0.1) is 0 Å². The van der Waals surface area contributed by atoms with Crippen LogP contribution in [-0.4, -0.2) is 65.3 Å². The number of β-amino-alcohol motifs (C(OH)–C–C–N with tert-alkyl or cyclic N) is 1. The van der Waals surface area contributed by atoms with Crippen molar-refractivity contribution in [2.45, 2.75) is 25.0 Å². The molecule has 130 valence electrons. The minimum atomic E-state index is -0.211. The zero-order valence-corrected chi connectivity index (χ0v) is 15.1. The van der Waals surface area contributed by atoms with Crippen LogP contribution in [0.3, 0.4) is 0 Å². The smallest absolute Gasteiger partial charge is 0.266 e. The molecule has 0 spiro atoms. The van der Waals surface area contributed by atoms with Crippen LogP contribution in [0.5, 0.6) is 0 Å². The summed E-state index contributed by atoms with van der Waals surface area (Å²) in [5, 5.41) is 9.65. The van der Waals surface area contributed by atoms with E-state index >= 15 is 0 Å². The molecule has 5 nitrogen and oxygen atoms in total. The number of aliphatic imine (C=N–C) groups is 1. The number of carbonyl (C=O) groups is 1. The molecule has 0 aliphatic carbocycles. The van der Waals surface area contributed by atoms with Crippen molar-refractivity contribution in [3.8, 4) is 0 Å². The third-order valence-corrected chi connectivity index (χ3v) is 5.89. The van der Waals surface area contributed by atoms with Crippen LogP contribution in [0.1, 0.15) is 36.1 Å². The number of amides is 1. The first kappa shape index (κ1) is 17.5. The number of rotatable bonds is 4. The first-order valence-electron chi connectivity index (χ1n) is 8.55. The van der Waals surface area contributed by atoms with Gasteiger partial charge in [0, 0.05) is 32.7 Å². The Labute approximate surface area is 147 Å². The third-order valence-electron chi connectivity index (χ3n) is 4.62. The molecule has 0 saturated carbocycles. The van der Waals surface area contributed by atoms with Crippen molar-refractivity contribution in [2.24, 2.45) is 4.99 Å². The van der Waals surface area contributed by atoms with Crippen molar-refractivity contribution in [1.29, 1.82) is 0 Å². The van der Waals surface area contributed by atoms with E-state index in [0.29, 0.717) is 5.92 Å². The lowest BCUT2D eigenvalue weighted by molar-refractivity contribution is -0.117. The number of hydrogen-bond donors (Lipinski definition) is 1. The van der Waals surface area contributed by atoms with Crippen molar-refractivity contribution in [2.75, 3.05) is 39.3 Å². The van der Waals surface area contributed by atoms with Crippen molar-refractivity contribution in [3.63, 3.8) is 0 Å². The fourth-order valence-corrected chi connectivity index (χ4v) is 4.18. The molecule has 1 saturated heterocycles. The van der Waals surface area contributed by atoms with E-state index in [2.05, 4.69) is 52.9 Å². The van der Waals surface area contributed by atoms with Gasteiger partial charge in [0.2, 0.25) is 0 Å². The van der Waals surface area contributed by atoms with E-state index in [4.69, 9.17) is 5.11 Å². The molecule has 3 rings (SSSR count). The highest BCUT2D eigenvalue weighted by Crippen LogP contribution is 2.38. The normalized spacial score (nSPS) is 22.3. The van der Waals surface area contributed by atoms with E-state index in [9.17, 15) is 4.79 Å². The Balaban J connectivity index is 1.62. The summed E-state index contributed by atoms with van der Waals surface area (Å²) in [6.07, 6.45) is 0. The van der Waals surface area contributed by atoms with Gasteiger partial charge in [0.15, 0.2) is 5.17 Å². The van der Waals surface area contributed by atoms with Crippen LogP contribution in [-0.2, 0) is 4.79 Å². The summed E-state index contributed by atoms with van der Waals surface area (Å²) in [7, 11) is 0. The summed E-state index contributed by atoms with van der Waals surface area (Å²) in [4.78, 5) is 21.1. The van der Waals surface area contributed by atoms with Crippen LogP contribution >= 0.6 is 11.8 Å². The molecule has 1 fully saturated rings. The lowest BCUT2D eigenvalue weighted by Gasteiger charge is -2.35. The fourth-order valence-electron chi connectivity index (χ4n) is 3.05. The number of benzene rings is 1. The lowest BCUT2D eigenvalue weighted by atomic mass is 10.0. The maximum atomic E-state index is 12.3. The first-order chi connectivity index (χ1) is 11.6. The Morgan fingerprint density at radius 3 is 2.46 bits per heavy atom. The molecule has 1 aromatic rings. The van der Waals surface area contributed by atoms with Crippen LogP contribution in [0.4, 0.5) is 0 Å². The van der Waals surface area contributed by atoms with E-state index in [1.54, 1.807) is 11.8 Å². The Morgan fingerprint density at radius 1 is 1.21 bits per heavy atom. The molecule has 2 aliphatic heterocycles. The lowest BCUT2D eigenvalue weighted by Crippen LogP contribution is -2.48. The summed E-state index contributed by atoms with van der Waals surface area (Å²) < 4.78 is 0. The number of aliphatic hydroxyl groups is 1. The second kappa shape index (κ2) is 7.68. The fraction of sp³-hybridized carbons (Fsp3) is 0.556. The highest BCUT2D eigenvalue weighted by atomic mass is 32.2. The van der Waals surface area contributed by atoms with E-state index in [1.165, 1.54) is 5.56 Å². The van der Waals surface area contributed by atoms with Crippen LogP contribution in [0.15, 0.2) is 29.3 Å². The summed E-state index contributed by atoms with van der Waals surface area (Å²) >= 11 is 1.57. The number of aliphatic hydroxyl groups excluding tert-OH is 1. The largest absolute Gasteiger partial charge is 0.395 e. The van der Waals surface area contributed by atoms with Gasteiger partial charge in [0.05, 0.1) is 6.61 Å². The number of hydrogen-bond acceptors (Lipinski definition) is 5. The minimum absolute atomic E-state index is 0.0508. The van der Waals surface area contributed by atoms with Gasteiger partial charge >= 0.3 is 0 Å². The molecule has 1 aromatic carbocycles. The molecule has 1 atom stereocenters. The zero-order valence-electron chi connectivity index (χ0n) is 14.3. The highest BCUT2D eigenvalue weighted by Gasteiger charge is 2.33. The van der Waals surface area contributed by atoms with Crippen molar-refractivity contribution in [3.05, 3.63) is 35.4 Å². The minimum Gasteiger partial charge on any atom is -0.395 e. The molecule has 1 unspecified atom stereocenters. The van der Waals surface area contributed by atoms with Crippen LogP contribution < -0.4 is 0 Å². The van der Waals surface area contributed by atoms with Gasteiger partial charge in [0.1, 0.15) is 5.25 Å². The number of piperazine rings is 1. The van der Waals surface area contributed by atoms with Gasteiger partial charge in [-0.15, -0.1) is 0 Å². The maximum absolute atomic E-state index is 12.3. The van der Waals surface area contributed by atoms with Crippen molar-refractivity contribution < 1.29 is 9.90 Å². The van der Waals surface area contributed by atoms with Crippen molar-refractivity contribution in [1.82, 2.24) is 9.80 Å². The molecule has 24 heavy (non-hydrogen) atoms. The van der Waals surface area contributed by atoms with Crippen LogP contribution in [0.2, 0.25) is 0 Å². The molecule has 0 radical (unpaired) electrons. The first-order valence-corrected chi connectivity index (χ1v) is 9.43. The van der Waals surface area contributed by atoms with E-state index in [1.807, 2.05) is 0 Å². The molecule has 2 aliphatic rings. The number of nitrogens with zero attached hydrogens (tertiary/aromatic N) is 3. The van der Waals surface area contributed by atoms with E-state index in [-0.39, 0.29) is 17.8 Å². The molecular formula is C18H25N3O2S. The molecular weight excluding hydrogens is 322 g/mol. The summed E-state index contributed by atoms with van der Waals surface area (Å²) in [6.45, 7) is 8.78. The number of thioether (sulfide) groups is 1. The van der Waals surface area contributed by atoms with Gasteiger partial charge < -0.3 is 10.0 Å². The standard InChI is InChI=1S/C18H25N3O2S/c1-13(2)14-3-5-15(6-4-14)16-17(23)19-18(24-16)21-9-7-20(8-10-21)11-12-22/h3-6,13,16,22H,7-12H2,1-2H3. The Hall–Kier alpha value is -1.37. The molecule has 1 N–H and O–H groups in total. The molecule has 6 heteroatoms. The second-order valence-corrected chi connectivity index (χ2v) is 7.68. The number of amidine groups is 1. The number of carbonyl (C=O) groups excluding carboxylic acids is 1. The Morgan fingerprint density at radius 2 is 1.88 bits per heavy atom. The van der Waals surface area contributed by atoms with Crippen molar-refractivity contribution >= 4 is 22.8 Å². The zero-order chi connectivity index (χ0) is 17.1. The third kappa shape index (κ3) is 3.82. The van der Waals surface area contributed by atoms with E-state index in [0.717, 1.165) is 43.5 Å². The highest BCUT2D eigenvalue weighted by molar-refractivity contribution is 8.15. The predicted octanol–water partition coefficient (Wildman–Crippen LogP) is 2.09. The topological polar surface area (TPSA) is 56.1 Å². The average molecular weight is 347 g/mol. The molecule has 0 aromatic heterocycles. The maximum Gasteiger partial charge on any atom is 0.266 e. The van der Waals surface area contributed by atoms with Gasteiger partial charge in [-0.25, -0.2) is 0 Å². The SMILES string of the molecule is CC(C)c1ccc(C2SC(N3CCN(CCO)CC3)=NC2=O)cc1.